The predicted molar refractivity (Wildman–Crippen MR) is 83.4 cm³/mol. The van der Waals surface area contributed by atoms with Crippen molar-refractivity contribution in [3.63, 3.8) is 0 Å². The van der Waals surface area contributed by atoms with Gasteiger partial charge in [-0.15, -0.1) is 0 Å². The maximum atomic E-state index is 13.3. The number of alkyl halides is 6. The van der Waals surface area contributed by atoms with Gasteiger partial charge >= 0.3 is 24.3 Å². The molecule has 0 N–H and O–H groups in total. The molecular formula is C18H12F6O4. The molecule has 2 aromatic rings. The molecule has 0 aliphatic carbocycles. The van der Waals surface area contributed by atoms with Crippen LogP contribution in [0.2, 0.25) is 0 Å². The Morgan fingerprint density at radius 3 is 1.14 bits per heavy atom. The average Bonchev–Trinajstić information content (AvgIpc) is 2.63. The largest absolute Gasteiger partial charge is 0.445 e. The van der Waals surface area contributed by atoms with Crippen LogP contribution in [0.15, 0.2) is 60.7 Å². The Bertz CT molecular complexity index is 733. The number of hydrogen-bond donors (Lipinski definition) is 0. The minimum absolute atomic E-state index is 0.396. The Balaban J connectivity index is 2.32. The van der Waals surface area contributed by atoms with Crippen LogP contribution in [0.3, 0.4) is 0 Å². The number of rotatable bonds is 5. The Morgan fingerprint density at radius 1 is 0.607 bits per heavy atom. The minimum Gasteiger partial charge on any atom is -0.445 e. The van der Waals surface area contributed by atoms with Crippen LogP contribution in [0.4, 0.5) is 26.3 Å². The number of esters is 2. The first-order chi connectivity index (χ1) is 13.0. The second-order valence-electron chi connectivity index (χ2n) is 5.47. The first-order valence-corrected chi connectivity index (χ1v) is 7.65. The summed E-state index contributed by atoms with van der Waals surface area (Å²) in [5.74, 6) is -3.29. The summed E-state index contributed by atoms with van der Waals surface area (Å²) >= 11 is 0. The summed E-state index contributed by atoms with van der Waals surface area (Å²) in [6, 6.07) is 12.3. The molecule has 0 aliphatic rings. The van der Waals surface area contributed by atoms with Crippen molar-refractivity contribution in [1.29, 1.82) is 0 Å². The first kappa shape index (κ1) is 21.3. The summed E-state index contributed by atoms with van der Waals surface area (Å²) < 4.78 is 87.7. The van der Waals surface area contributed by atoms with Crippen molar-refractivity contribution in [2.45, 2.75) is 24.6 Å². The fourth-order valence-corrected chi connectivity index (χ4v) is 2.12. The molecule has 0 amide bonds. The Hall–Kier alpha value is -3.04. The van der Waals surface area contributed by atoms with E-state index in [2.05, 4.69) is 9.47 Å². The van der Waals surface area contributed by atoms with E-state index in [4.69, 9.17) is 0 Å². The molecule has 0 bridgehead atoms. The van der Waals surface area contributed by atoms with Gasteiger partial charge in [0, 0.05) is 0 Å². The number of hydrogen-bond acceptors (Lipinski definition) is 4. The van der Waals surface area contributed by atoms with Gasteiger partial charge in [-0.25, -0.2) is 9.59 Å². The summed E-state index contributed by atoms with van der Waals surface area (Å²) in [5.41, 5.74) is -0.792. The van der Waals surface area contributed by atoms with Crippen LogP contribution >= 0.6 is 0 Å². The van der Waals surface area contributed by atoms with Crippen molar-refractivity contribution in [2.24, 2.45) is 0 Å². The molecule has 0 aliphatic heterocycles. The van der Waals surface area contributed by atoms with Crippen LogP contribution in [0.5, 0.6) is 0 Å². The molecule has 4 nitrogen and oxygen atoms in total. The highest BCUT2D eigenvalue weighted by molar-refractivity contribution is 5.90. The number of carbonyl (C=O) groups excluding carboxylic acids is 2. The highest BCUT2D eigenvalue weighted by atomic mass is 19.4. The van der Waals surface area contributed by atoms with E-state index in [1.54, 1.807) is 0 Å². The minimum atomic E-state index is -5.65. The van der Waals surface area contributed by atoms with Crippen LogP contribution in [0, 0.1) is 0 Å². The standard InChI is InChI=1S/C18H12F6O4/c19-17(20,21)13(27-15(25)11-7-3-1-4-8-11)14(18(22,23)24)28-16(26)12-9-5-2-6-10-12/h1-10,13-14H. The summed E-state index contributed by atoms with van der Waals surface area (Å²) in [6.45, 7) is 0. The predicted octanol–water partition coefficient (Wildman–Crippen LogP) is 4.56. The maximum absolute atomic E-state index is 13.3. The Kier molecular flexibility index (Phi) is 6.32. The zero-order chi connectivity index (χ0) is 20.9. The fourth-order valence-electron chi connectivity index (χ4n) is 2.12. The molecule has 10 heteroatoms. The Labute approximate surface area is 154 Å². The van der Waals surface area contributed by atoms with E-state index in [9.17, 15) is 35.9 Å². The van der Waals surface area contributed by atoms with E-state index in [1.807, 2.05) is 0 Å². The van der Waals surface area contributed by atoms with Gasteiger partial charge in [-0.05, 0) is 24.3 Å². The molecule has 0 spiro atoms. The van der Waals surface area contributed by atoms with Gasteiger partial charge in [0.05, 0.1) is 11.1 Å². The lowest BCUT2D eigenvalue weighted by Gasteiger charge is -2.29. The van der Waals surface area contributed by atoms with Gasteiger partial charge in [-0.2, -0.15) is 26.3 Å². The second-order valence-corrected chi connectivity index (χ2v) is 5.47. The van der Waals surface area contributed by atoms with Crippen LogP contribution in [-0.4, -0.2) is 36.5 Å². The highest BCUT2D eigenvalue weighted by Gasteiger charge is 2.60. The van der Waals surface area contributed by atoms with Gasteiger partial charge < -0.3 is 9.47 Å². The molecule has 0 saturated heterocycles. The van der Waals surface area contributed by atoms with Crippen molar-refractivity contribution in [1.82, 2.24) is 0 Å². The average molecular weight is 406 g/mol. The molecule has 28 heavy (non-hydrogen) atoms. The smallest absolute Gasteiger partial charge is 0.429 e. The summed E-state index contributed by atoms with van der Waals surface area (Å²) in [5, 5.41) is 0. The van der Waals surface area contributed by atoms with Crippen molar-refractivity contribution >= 4 is 11.9 Å². The third-order valence-corrected chi connectivity index (χ3v) is 3.41. The molecule has 2 unspecified atom stereocenters. The Morgan fingerprint density at radius 2 is 0.893 bits per heavy atom. The number of carbonyl (C=O) groups is 2. The summed E-state index contributed by atoms with van der Waals surface area (Å²) in [4.78, 5) is 23.7. The van der Waals surface area contributed by atoms with E-state index >= 15 is 0 Å². The van der Waals surface area contributed by atoms with Crippen LogP contribution in [0.1, 0.15) is 20.7 Å². The van der Waals surface area contributed by atoms with Gasteiger partial charge in [0.1, 0.15) is 0 Å². The maximum Gasteiger partial charge on any atom is 0.429 e. The van der Waals surface area contributed by atoms with Crippen molar-refractivity contribution in [2.75, 3.05) is 0 Å². The van der Waals surface area contributed by atoms with E-state index in [1.165, 1.54) is 36.4 Å². The van der Waals surface area contributed by atoms with Crippen molar-refractivity contribution < 1.29 is 45.4 Å². The number of benzene rings is 2. The van der Waals surface area contributed by atoms with Crippen LogP contribution < -0.4 is 0 Å². The molecule has 0 radical (unpaired) electrons. The normalized spacial score (nSPS) is 14.1. The molecule has 0 saturated carbocycles. The van der Waals surface area contributed by atoms with Gasteiger partial charge in [0.25, 0.3) is 0 Å². The molecular weight excluding hydrogens is 394 g/mol. The lowest BCUT2D eigenvalue weighted by Crippen LogP contribution is -2.52. The quantitative estimate of drug-likeness (QED) is 0.540. The van der Waals surface area contributed by atoms with Crippen molar-refractivity contribution in [3.05, 3.63) is 71.8 Å². The fraction of sp³-hybridized carbons (Fsp3) is 0.222. The van der Waals surface area contributed by atoms with E-state index in [0.717, 1.165) is 24.3 Å². The SMILES string of the molecule is O=C(OC(C(OC(=O)c1ccccc1)C(F)(F)F)C(F)(F)F)c1ccccc1. The summed E-state index contributed by atoms with van der Waals surface area (Å²) in [7, 11) is 0. The highest BCUT2D eigenvalue weighted by Crippen LogP contribution is 2.36. The van der Waals surface area contributed by atoms with Gasteiger partial charge in [-0.1, -0.05) is 36.4 Å². The third kappa shape index (κ3) is 5.48. The number of halogens is 6. The van der Waals surface area contributed by atoms with Crippen molar-refractivity contribution in [3.8, 4) is 0 Å². The van der Waals surface area contributed by atoms with E-state index in [0.29, 0.717) is 0 Å². The van der Waals surface area contributed by atoms with Gasteiger partial charge in [0.2, 0.25) is 12.2 Å². The lowest BCUT2D eigenvalue weighted by molar-refractivity contribution is -0.291. The van der Waals surface area contributed by atoms with Crippen LogP contribution in [0.25, 0.3) is 0 Å². The molecule has 2 atom stereocenters. The third-order valence-electron chi connectivity index (χ3n) is 3.41. The van der Waals surface area contributed by atoms with E-state index in [-0.39, 0.29) is 0 Å². The van der Waals surface area contributed by atoms with Gasteiger partial charge in [-0.3, -0.25) is 0 Å². The molecule has 2 aromatic carbocycles. The molecule has 0 fully saturated rings. The summed E-state index contributed by atoms with van der Waals surface area (Å²) in [6.07, 6.45) is -18.8. The lowest BCUT2D eigenvalue weighted by atomic mass is 10.1. The number of ether oxygens (including phenoxy) is 2. The zero-order valence-corrected chi connectivity index (χ0v) is 13.8. The first-order valence-electron chi connectivity index (χ1n) is 7.65. The molecule has 2 rings (SSSR count). The molecule has 0 aromatic heterocycles. The monoisotopic (exact) mass is 406 g/mol. The van der Waals surface area contributed by atoms with Gasteiger partial charge in [0.15, 0.2) is 0 Å². The topological polar surface area (TPSA) is 52.6 Å². The second kappa shape index (κ2) is 8.32. The molecule has 0 heterocycles. The van der Waals surface area contributed by atoms with Crippen LogP contribution in [-0.2, 0) is 9.47 Å². The van der Waals surface area contributed by atoms with E-state index < -0.39 is 47.6 Å². The zero-order valence-electron chi connectivity index (χ0n) is 13.8. The molecule has 150 valence electrons.